The van der Waals surface area contributed by atoms with Crippen molar-refractivity contribution < 1.29 is 4.39 Å². The van der Waals surface area contributed by atoms with Crippen LogP contribution in [0.25, 0.3) is 11.4 Å². The number of hydrogen-bond acceptors (Lipinski definition) is 2. The molecule has 0 saturated heterocycles. The third-order valence-corrected chi connectivity index (χ3v) is 2.48. The second-order valence-electron chi connectivity index (χ2n) is 4.14. The fourth-order valence-corrected chi connectivity index (χ4v) is 1.47. The number of halogens is 1. The van der Waals surface area contributed by atoms with Gasteiger partial charge in [-0.25, -0.2) is 9.37 Å². The van der Waals surface area contributed by atoms with Gasteiger partial charge in [0, 0.05) is 5.92 Å². The van der Waals surface area contributed by atoms with E-state index in [0.29, 0.717) is 17.0 Å². The molecule has 1 aromatic heterocycles. The predicted molar refractivity (Wildman–Crippen MR) is 60.6 cm³/mol. The lowest BCUT2D eigenvalue weighted by Crippen LogP contribution is -1.91. The Morgan fingerprint density at radius 1 is 1.31 bits per heavy atom. The van der Waals surface area contributed by atoms with E-state index in [0.717, 1.165) is 5.82 Å². The Kier molecular flexibility index (Phi) is 2.73. The molecule has 0 fully saturated rings. The lowest BCUT2D eigenvalue weighted by molar-refractivity contribution is 0.621. The van der Waals surface area contributed by atoms with Crippen LogP contribution in [0.5, 0.6) is 0 Å². The summed E-state index contributed by atoms with van der Waals surface area (Å²) in [5, 5.41) is 6.86. The molecule has 0 aliphatic heterocycles. The van der Waals surface area contributed by atoms with Crippen LogP contribution in [0.2, 0.25) is 0 Å². The molecule has 1 heterocycles. The molecule has 1 N–H and O–H groups in total. The Morgan fingerprint density at radius 3 is 2.69 bits per heavy atom. The van der Waals surface area contributed by atoms with Gasteiger partial charge < -0.3 is 0 Å². The molecule has 3 nitrogen and oxygen atoms in total. The highest BCUT2D eigenvalue weighted by Crippen LogP contribution is 2.22. The van der Waals surface area contributed by atoms with Crippen LogP contribution < -0.4 is 0 Å². The van der Waals surface area contributed by atoms with Crippen LogP contribution in [0.15, 0.2) is 18.2 Å². The van der Waals surface area contributed by atoms with Gasteiger partial charge in [-0.1, -0.05) is 26.0 Å². The molecule has 1 aromatic carbocycles. The van der Waals surface area contributed by atoms with Crippen molar-refractivity contribution in [3.05, 3.63) is 35.4 Å². The second kappa shape index (κ2) is 4.04. The van der Waals surface area contributed by atoms with Gasteiger partial charge in [0.15, 0.2) is 5.82 Å². The van der Waals surface area contributed by atoms with Gasteiger partial charge in [-0.05, 0) is 18.6 Å². The van der Waals surface area contributed by atoms with Gasteiger partial charge in [0.25, 0.3) is 0 Å². The summed E-state index contributed by atoms with van der Waals surface area (Å²) in [6, 6.07) is 5.23. The van der Waals surface area contributed by atoms with Crippen LogP contribution in [0, 0.1) is 12.7 Å². The van der Waals surface area contributed by atoms with Crippen LogP contribution in [0.4, 0.5) is 4.39 Å². The van der Waals surface area contributed by atoms with Crippen molar-refractivity contribution in [2.24, 2.45) is 0 Å². The largest absolute Gasteiger partial charge is 0.262 e. The Labute approximate surface area is 93.7 Å². The topological polar surface area (TPSA) is 41.6 Å². The van der Waals surface area contributed by atoms with Crippen LogP contribution >= 0.6 is 0 Å². The molecule has 0 amide bonds. The molecule has 2 rings (SSSR count). The Bertz CT molecular complexity index is 503. The summed E-state index contributed by atoms with van der Waals surface area (Å²) in [6.07, 6.45) is 0. The molecule has 0 aliphatic rings. The van der Waals surface area contributed by atoms with Gasteiger partial charge in [0.2, 0.25) is 0 Å². The molecule has 0 unspecified atom stereocenters. The van der Waals surface area contributed by atoms with Crippen molar-refractivity contribution in [1.29, 1.82) is 0 Å². The van der Waals surface area contributed by atoms with E-state index in [4.69, 9.17) is 0 Å². The summed E-state index contributed by atoms with van der Waals surface area (Å²) >= 11 is 0. The number of aromatic nitrogens is 3. The first-order valence-electron chi connectivity index (χ1n) is 5.27. The van der Waals surface area contributed by atoms with E-state index in [9.17, 15) is 4.39 Å². The minimum atomic E-state index is -0.253. The molecule has 0 aliphatic carbocycles. The van der Waals surface area contributed by atoms with Gasteiger partial charge in [-0.15, -0.1) is 0 Å². The van der Waals surface area contributed by atoms with E-state index in [1.54, 1.807) is 25.1 Å². The van der Waals surface area contributed by atoms with Crippen LogP contribution in [0.1, 0.15) is 31.2 Å². The van der Waals surface area contributed by atoms with E-state index < -0.39 is 0 Å². The lowest BCUT2D eigenvalue weighted by Gasteiger charge is -2.00. The average molecular weight is 219 g/mol. The van der Waals surface area contributed by atoms with Crippen molar-refractivity contribution in [3.63, 3.8) is 0 Å². The number of H-pyrrole nitrogens is 1. The standard InChI is InChI=1S/C12H14FN3/c1-7(2)11-14-12(16-15-11)9-6-4-5-8(3)10(9)13/h4-7H,1-3H3,(H,14,15,16). The highest BCUT2D eigenvalue weighted by atomic mass is 19.1. The highest BCUT2D eigenvalue weighted by molar-refractivity contribution is 5.56. The fraction of sp³-hybridized carbons (Fsp3) is 0.333. The molecular weight excluding hydrogens is 205 g/mol. The molecule has 4 heteroatoms. The van der Waals surface area contributed by atoms with E-state index in [1.807, 2.05) is 13.8 Å². The van der Waals surface area contributed by atoms with E-state index in [1.165, 1.54) is 0 Å². The van der Waals surface area contributed by atoms with Crippen LogP contribution in [0.3, 0.4) is 0 Å². The first-order valence-corrected chi connectivity index (χ1v) is 5.27. The third-order valence-electron chi connectivity index (χ3n) is 2.48. The maximum absolute atomic E-state index is 13.8. The molecule has 0 spiro atoms. The summed E-state index contributed by atoms with van der Waals surface area (Å²) in [5.41, 5.74) is 1.05. The summed E-state index contributed by atoms with van der Waals surface area (Å²) < 4.78 is 13.8. The zero-order valence-corrected chi connectivity index (χ0v) is 9.58. The first kappa shape index (κ1) is 10.8. The molecule has 0 radical (unpaired) electrons. The van der Waals surface area contributed by atoms with Gasteiger partial charge in [-0.2, -0.15) is 5.10 Å². The molecule has 16 heavy (non-hydrogen) atoms. The smallest absolute Gasteiger partial charge is 0.184 e. The van der Waals surface area contributed by atoms with E-state index in [2.05, 4.69) is 15.2 Å². The number of benzene rings is 1. The number of hydrogen-bond donors (Lipinski definition) is 1. The Hall–Kier alpha value is -1.71. The summed E-state index contributed by atoms with van der Waals surface area (Å²) in [5.74, 6) is 1.20. The molecule has 0 atom stereocenters. The lowest BCUT2D eigenvalue weighted by atomic mass is 10.1. The molecule has 0 bridgehead atoms. The monoisotopic (exact) mass is 219 g/mol. The zero-order chi connectivity index (χ0) is 11.7. The SMILES string of the molecule is Cc1cccc(-c2n[nH]c(C(C)C)n2)c1F. The minimum Gasteiger partial charge on any atom is -0.262 e. The second-order valence-corrected chi connectivity index (χ2v) is 4.14. The van der Waals surface area contributed by atoms with Crippen molar-refractivity contribution in [1.82, 2.24) is 15.2 Å². The van der Waals surface area contributed by atoms with Gasteiger partial charge in [-0.3, -0.25) is 5.10 Å². The van der Waals surface area contributed by atoms with Gasteiger partial charge in [0.05, 0.1) is 5.56 Å². The van der Waals surface area contributed by atoms with Crippen LogP contribution in [-0.2, 0) is 0 Å². The van der Waals surface area contributed by atoms with Crippen LogP contribution in [-0.4, -0.2) is 15.2 Å². The fourth-order valence-electron chi connectivity index (χ4n) is 1.47. The van der Waals surface area contributed by atoms with E-state index >= 15 is 0 Å². The normalized spacial score (nSPS) is 11.1. The molecule has 84 valence electrons. The van der Waals surface area contributed by atoms with Crippen molar-refractivity contribution in [2.45, 2.75) is 26.7 Å². The first-order chi connectivity index (χ1) is 7.59. The number of rotatable bonds is 2. The summed E-state index contributed by atoms with van der Waals surface area (Å²) in [6.45, 7) is 5.75. The number of nitrogens with zero attached hydrogens (tertiary/aromatic N) is 2. The highest BCUT2D eigenvalue weighted by Gasteiger charge is 2.13. The maximum atomic E-state index is 13.8. The number of aryl methyl sites for hydroxylation is 1. The van der Waals surface area contributed by atoms with E-state index in [-0.39, 0.29) is 11.7 Å². The minimum absolute atomic E-state index is 0.253. The van der Waals surface area contributed by atoms with Crippen molar-refractivity contribution >= 4 is 0 Å². The number of nitrogens with one attached hydrogen (secondary N) is 1. The Morgan fingerprint density at radius 2 is 2.06 bits per heavy atom. The predicted octanol–water partition coefficient (Wildman–Crippen LogP) is 3.04. The van der Waals surface area contributed by atoms with Crippen molar-refractivity contribution in [2.75, 3.05) is 0 Å². The zero-order valence-electron chi connectivity index (χ0n) is 9.58. The van der Waals surface area contributed by atoms with Gasteiger partial charge in [0.1, 0.15) is 11.6 Å². The third kappa shape index (κ3) is 1.83. The number of aromatic amines is 1. The molecule has 2 aromatic rings. The van der Waals surface area contributed by atoms with Gasteiger partial charge >= 0.3 is 0 Å². The summed E-state index contributed by atoms with van der Waals surface area (Å²) in [4.78, 5) is 4.28. The molecular formula is C12H14FN3. The molecule has 0 saturated carbocycles. The quantitative estimate of drug-likeness (QED) is 0.843. The van der Waals surface area contributed by atoms with Crippen molar-refractivity contribution in [3.8, 4) is 11.4 Å². The average Bonchev–Trinajstić information content (AvgIpc) is 2.71. The summed E-state index contributed by atoms with van der Waals surface area (Å²) in [7, 11) is 0. The Balaban J connectivity index is 2.47. The maximum Gasteiger partial charge on any atom is 0.184 e.